The van der Waals surface area contributed by atoms with Gasteiger partial charge in [-0.1, -0.05) is 36.4 Å². The topological polar surface area (TPSA) is 103 Å². The minimum absolute atomic E-state index is 0.00564. The predicted octanol–water partition coefficient (Wildman–Crippen LogP) is 4.25. The Morgan fingerprint density at radius 3 is 2.66 bits per heavy atom. The summed E-state index contributed by atoms with van der Waals surface area (Å²) in [6.07, 6.45) is 1.77. The van der Waals surface area contributed by atoms with Crippen molar-refractivity contribution < 1.29 is 23.2 Å². The molecular weight excluding hydrogens is 528 g/mol. The van der Waals surface area contributed by atoms with Gasteiger partial charge in [0.2, 0.25) is 11.8 Å². The van der Waals surface area contributed by atoms with E-state index >= 15 is 0 Å². The van der Waals surface area contributed by atoms with E-state index in [4.69, 9.17) is 0 Å². The van der Waals surface area contributed by atoms with Gasteiger partial charge < -0.3 is 20.9 Å². The molecule has 10 heteroatoms. The average Bonchev–Trinajstić information content (AvgIpc) is 2.96. The first-order valence-electron chi connectivity index (χ1n) is 13.0. The van der Waals surface area contributed by atoms with Crippen LogP contribution in [0.25, 0.3) is 11.1 Å². The number of fused-ring (bicyclic) bond motifs is 1. The van der Waals surface area contributed by atoms with Crippen LogP contribution in [0.15, 0.2) is 85.1 Å². The van der Waals surface area contributed by atoms with Crippen molar-refractivity contribution in [3.63, 3.8) is 0 Å². The van der Waals surface area contributed by atoms with Crippen molar-refractivity contribution in [2.45, 2.75) is 12.5 Å². The largest absolute Gasteiger partial charge is 0.355 e. The lowest BCUT2D eigenvalue weighted by Crippen LogP contribution is -2.45. The number of benzene rings is 3. The Hall–Kier alpha value is -5.12. The maximum Gasteiger partial charge on any atom is 0.254 e. The van der Waals surface area contributed by atoms with Gasteiger partial charge in [-0.15, -0.1) is 0 Å². The van der Waals surface area contributed by atoms with Crippen LogP contribution in [-0.4, -0.2) is 42.8 Å². The Morgan fingerprint density at radius 1 is 1.02 bits per heavy atom. The molecule has 41 heavy (non-hydrogen) atoms. The number of amides is 3. The molecule has 1 atom stereocenters. The van der Waals surface area contributed by atoms with E-state index in [0.717, 1.165) is 5.69 Å². The summed E-state index contributed by atoms with van der Waals surface area (Å²) in [6, 6.07) is 20.2. The fourth-order valence-corrected chi connectivity index (χ4v) is 4.91. The second kappa shape index (κ2) is 12.0. The van der Waals surface area contributed by atoms with Crippen LogP contribution < -0.4 is 20.9 Å². The van der Waals surface area contributed by atoms with E-state index in [1.165, 1.54) is 37.4 Å². The van der Waals surface area contributed by atoms with Gasteiger partial charge >= 0.3 is 0 Å². The van der Waals surface area contributed by atoms with Gasteiger partial charge in [0, 0.05) is 18.8 Å². The SMILES string of the molecule is CNC(=O)c1cc(-c2cccnc2[C@H](Cc2cccc(F)c2)NC(=O)CN2CC(=O)Nc3ccccc32)ccc1F. The van der Waals surface area contributed by atoms with E-state index in [2.05, 4.69) is 20.9 Å². The van der Waals surface area contributed by atoms with Crippen molar-refractivity contribution in [1.29, 1.82) is 0 Å². The van der Waals surface area contributed by atoms with Gasteiger partial charge in [0.25, 0.3) is 5.91 Å². The molecule has 3 N–H and O–H groups in total. The molecule has 3 aromatic carbocycles. The monoisotopic (exact) mass is 555 g/mol. The standard InChI is InChI=1S/C31H27F2N5O3/c1-34-31(41)23-16-20(11-12-24(23)33)22-8-5-13-35-30(22)26(15-19-6-4-7-21(32)14-19)37-29(40)18-38-17-28(39)36-25-9-2-3-10-27(25)38/h2-14,16,26H,15,17-18H2,1H3,(H,34,41)(H,36,39)(H,37,40)/t26-/m0/s1. The van der Waals surface area contributed by atoms with E-state index in [9.17, 15) is 23.2 Å². The number of anilines is 2. The molecule has 0 saturated heterocycles. The molecule has 2 heterocycles. The maximum atomic E-state index is 14.4. The van der Waals surface area contributed by atoms with Gasteiger partial charge in [-0.05, 0) is 60.0 Å². The maximum absolute atomic E-state index is 14.4. The predicted molar refractivity (Wildman–Crippen MR) is 151 cm³/mol. The fraction of sp³-hybridized carbons (Fsp3) is 0.161. The van der Waals surface area contributed by atoms with E-state index in [1.54, 1.807) is 47.5 Å². The molecule has 1 aliphatic heterocycles. The number of rotatable bonds is 8. The minimum Gasteiger partial charge on any atom is -0.355 e. The lowest BCUT2D eigenvalue weighted by molar-refractivity contribution is -0.120. The minimum atomic E-state index is -0.720. The Bertz CT molecular complexity index is 1630. The number of pyridine rings is 1. The van der Waals surface area contributed by atoms with E-state index in [-0.39, 0.29) is 36.9 Å². The average molecular weight is 556 g/mol. The number of hydrogen-bond acceptors (Lipinski definition) is 5. The first-order chi connectivity index (χ1) is 19.8. The fourth-order valence-electron chi connectivity index (χ4n) is 4.91. The number of nitrogens with one attached hydrogen (secondary N) is 3. The third-order valence-electron chi connectivity index (χ3n) is 6.77. The van der Waals surface area contributed by atoms with Crippen LogP contribution in [0, 0.1) is 11.6 Å². The van der Waals surface area contributed by atoms with Gasteiger partial charge in [-0.2, -0.15) is 0 Å². The zero-order chi connectivity index (χ0) is 28.9. The molecule has 1 aromatic heterocycles. The summed E-state index contributed by atoms with van der Waals surface area (Å²) in [5, 5.41) is 8.25. The molecule has 0 radical (unpaired) electrons. The third-order valence-corrected chi connectivity index (χ3v) is 6.77. The van der Waals surface area contributed by atoms with Crippen LogP contribution in [0.4, 0.5) is 20.2 Å². The van der Waals surface area contributed by atoms with E-state index in [0.29, 0.717) is 28.1 Å². The van der Waals surface area contributed by atoms with Gasteiger partial charge in [0.1, 0.15) is 11.6 Å². The van der Waals surface area contributed by atoms with Crippen molar-refractivity contribution in [3.05, 3.63) is 114 Å². The molecule has 1 aliphatic rings. The first-order valence-corrected chi connectivity index (χ1v) is 13.0. The Labute approximate surface area is 235 Å². The zero-order valence-electron chi connectivity index (χ0n) is 22.2. The Kier molecular flexibility index (Phi) is 8.00. The summed E-state index contributed by atoms with van der Waals surface area (Å²) >= 11 is 0. The van der Waals surface area contributed by atoms with Crippen molar-refractivity contribution in [2.75, 3.05) is 30.4 Å². The van der Waals surface area contributed by atoms with Crippen molar-refractivity contribution >= 4 is 29.1 Å². The lowest BCUT2D eigenvalue weighted by atomic mass is 9.94. The number of carbonyl (C=O) groups excluding carboxylic acids is 3. The van der Waals surface area contributed by atoms with Crippen LogP contribution >= 0.6 is 0 Å². The molecule has 208 valence electrons. The second-order valence-corrected chi connectivity index (χ2v) is 9.59. The highest BCUT2D eigenvalue weighted by molar-refractivity contribution is 6.02. The number of para-hydroxylation sites is 2. The van der Waals surface area contributed by atoms with Crippen molar-refractivity contribution in [1.82, 2.24) is 15.6 Å². The van der Waals surface area contributed by atoms with Crippen molar-refractivity contribution in [3.8, 4) is 11.1 Å². The Balaban J connectivity index is 1.49. The van der Waals surface area contributed by atoms with Crippen LogP contribution in [-0.2, 0) is 16.0 Å². The molecular formula is C31H27F2N5O3. The molecule has 5 rings (SSSR count). The van der Waals surface area contributed by atoms with E-state index < -0.39 is 23.6 Å². The Morgan fingerprint density at radius 2 is 1.85 bits per heavy atom. The molecule has 8 nitrogen and oxygen atoms in total. The van der Waals surface area contributed by atoms with Gasteiger partial charge in [0.05, 0.1) is 41.8 Å². The van der Waals surface area contributed by atoms with Gasteiger partial charge in [0.15, 0.2) is 0 Å². The summed E-state index contributed by atoms with van der Waals surface area (Å²) in [6.45, 7) is -0.102. The number of halogens is 2. The summed E-state index contributed by atoms with van der Waals surface area (Å²) in [4.78, 5) is 44.2. The van der Waals surface area contributed by atoms with Gasteiger partial charge in [-0.3, -0.25) is 19.4 Å². The molecule has 0 saturated carbocycles. The van der Waals surface area contributed by atoms with Crippen molar-refractivity contribution in [2.24, 2.45) is 0 Å². The summed E-state index contributed by atoms with van der Waals surface area (Å²) < 4.78 is 28.5. The quantitative estimate of drug-likeness (QED) is 0.302. The van der Waals surface area contributed by atoms with Crippen LogP contribution in [0.2, 0.25) is 0 Å². The smallest absolute Gasteiger partial charge is 0.254 e. The molecule has 0 fully saturated rings. The summed E-state index contributed by atoms with van der Waals surface area (Å²) in [7, 11) is 1.42. The number of hydrogen-bond donors (Lipinski definition) is 3. The summed E-state index contributed by atoms with van der Waals surface area (Å²) in [5.74, 6) is -2.28. The molecule has 4 aromatic rings. The number of nitrogens with zero attached hydrogens (tertiary/aromatic N) is 2. The highest BCUT2D eigenvalue weighted by Crippen LogP contribution is 2.31. The lowest BCUT2D eigenvalue weighted by Gasteiger charge is -2.31. The number of aromatic nitrogens is 1. The molecule has 3 amide bonds. The van der Waals surface area contributed by atoms with Crippen LogP contribution in [0.1, 0.15) is 27.7 Å². The second-order valence-electron chi connectivity index (χ2n) is 9.59. The molecule has 0 unspecified atom stereocenters. The third kappa shape index (κ3) is 6.22. The summed E-state index contributed by atoms with van der Waals surface area (Å²) in [5.41, 5.74) is 3.37. The first kappa shape index (κ1) is 27.4. The number of carbonyl (C=O) groups is 3. The van der Waals surface area contributed by atoms with Crippen LogP contribution in [0.5, 0.6) is 0 Å². The van der Waals surface area contributed by atoms with E-state index in [1.807, 2.05) is 12.1 Å². The molecule has 0 bridgehead atoms. The van der Waals surface area contributed by atoms with Crippen LogP contribution in [0.3, 0.4) is 0 Å². The highest BCUT2D eigenvalue weighted by atomic mass is 19.1. The highest BCUT2D eigenvalue weighted by Gasteiger charge is 2.26. The molecule has 0 spiro atoms. The molecule has 0 aliphatic carbocycles. The van der Waals surface area contributed by atoms with Gasteiger partial charge in [-0.25, -0.2) is 8.78 Å². The normalized spacial score (nSPS) is 13.1. The zero-order valence-corrected chi connectivity index (χ0v) is 22.2.